The number of nitrogens with one attached hydrogen (secondary N) is 1. The minimum Gasteiger partial charge on any atom is -0.477 e. The van der Waals surface area contributed by atoms with Crippen molar-refractivity contribution >= 4 is 11.9 Å². The Kier molecular flexibility index (Phi) is 12.1. The number of aliphatic carboxylic acids is 1. The van der Waals surface area contributed by atoms with Crippen LogP contribution in [0, 0.1) is 0 Å². The molecule has 1 amide bonds. The molecular formula is C23H40N2O18. The van der Waals surface area contributed by atoms with E-state index in [0.29, 0.717) is 0 Å². The first-order chi connectivity index (χ1) is 20.1. The van der Waals surface area contributed by atoms with Crippen LogP contribution in [0.4, 0.5) is 0 Å². The molecule has 0 aliphatic carbocycles. The van der Waals surface area contributed by atoms with Gasteiger partial charge in [0.25, 0.3) is 5.79 Å². The molecular weight excluding hydrogens is 592 g/mol. The molecule has 0 spiro atoms. The molecule has 43 heavy (non-hydrogen) atoms. The fraction of sp³-hybridized carbons (Fsp3) is 0.913. The molecule has 0 radical (unpaired) electrons. The van der Waals surface area contributed by atoms with E-state index in [2.05, 4.69) is 5.32 Å². The smallest absolute Gasteiger partial charge is 0.364 e. The van der Waals surface area contributed by atoms with E-state index in [1.165, 1.54) is 0 Å². The number of carbonyl (C=O) groups excluding carboxylic acids is 1. The van der Waals surface area contributed by atoms with Gasteiger partial charge in [-0.05, 0) is 0 Å². The fourth-order valence-electron chi connectivity index (χ4n) is 5.20. The number of amides is 1. The van der Waals surface area contributed by atoms with Crippen molar-refractivity contribution in [3.63, 3.8) is 0 Å². The summed E-state index contributed by atoms with van der Waals surface area (Å²) in [7, 11) is 0. The average molecular weight is 633 g/mol. The Morgan fingerprint density at radius 3 is 2.14 bits per heavy atom. The summed E-state index contributed by atoms with van der Waals surface area (Å²) in [6.45, 7) is -1.75. The van der Waals surface area contributed by atoms with E-state index in [1.54, 1.807) is 0 Å². The highest BCUT2D eigenvalue weighted by Gasteiger charge is 2.60. The van der Waals surface area contributed by atoms with Crippen LogP contribution in [0.3, 0.4) is 0 Å². The molecule has 20 nitrogen and oxygen atoms in total. The third kappa shape index (κ3) is 7.41. The van der Waals surface area contributed by atoms with Crippen molar-refractivity contribution < 1.29 is 89.4 Å². The highest BCUT2D eigenvalue weighted by molar-refractivity contribution is 5.76. The van der Waals surface area contributed by atoms with Gasteiger partial charge in [-0.2, -0.15) is 0 Å². The summed E-state index contributed by atoms with van der Waals surface area (Å²) in [5.74, 6) is -5.70. The average Bonchev–Trinajstić information content (AvgIpc) is 2.96. The summed E-state index contributed by atoms with van der Waals surface area (Å²) in [5, 5.41) is 115. The zero-order valence-electron chi connectivity index (χ0n) is 22.8. The maximum absolute atomic E-state index is 12.6. The molecule has 0 aromatic rings. The first kappa shape index (κ1) is 35.8. The number of aliphatic hydroxyl groups excluding tert-OH is 10. The first-order valence-corrected chi connectivity index (χ1v) is 13.3. The van der Waals surface area contributed by atoms with Crippen molar-refractivity contribution in [3.8, 4) is 0 Å². The lowest BCUT2D eigenvalue weighted by atomic mass is 9.88. The van der Waals surface area contributed by atoms with Crippen molar-refractivity contribution in [1.29, 1.82) is 0 Å². The number of carbonyl (C=O) groups is 2. The van der Waals surface area contributed by atoms with Crippen LogP contribution in [0.5, 0.6) is 0 Å². The van der Waals surface area contributed by atoms with Crippen molar-refractivity contribution in [2.45, 2.75) is 111 Å². The van der Waals surface area contributed by atoms with Crippen molar-refractivity contribution in [2.24, 2.45) is 5.73 Å². The third-order valence-electron chi connectivity index (χ3n) is 7.55. The number of rotatable bonds is 11. The molecule has 0 bridgehead atoms. The van der Waals surface area contributed by atoms with E-state index in [4.69, 9.17) is 29.4 Å². The monoisotopic (exact) mass is 632 g/mol. The minimum atomic E-state index is -3.00. The second-order valence-corrected chi connectivity index (χ2v) is 10.6. The van der Waals surface area contributed by atoms with Gasteiger partial charge in [0, 0.05) is 13.3 Å². The van der Waals surface area contributed by atoms with Gasteiger partial charge in [-0.15, -0.1) is 0 Å². The molecule has 0 unspecified atom stereocenters. The van der Waals surface area contributed by atoms with Crippen LogP contribution in [0.15, 0.2) is 0 Å². The second kappa shape index (κ2) is 14.6. The van der Waals surface area contributed by atoms with Crippen LogP contribution in [-0.2, 0) is 33.3 Å². The standard InChI is InChI=1S/C23H40N2O18/c1-6(29)25-12-7(30)2-23(22(37)38,42-18(12)13(32)8(31)3-26)43-19-14(33)9(4-27)40-21(16(19)35)41-17-10(5-28)39-20(36)11(24)15(17)34/h7-21,26-28,30-36H,2-5,24H2,1H3,(H,25,29)(H,37,38)/t7-,8+,9+,10+,11+,12+,13+,14-,15+,16+,17+,18+,19-,20+,21-,23-/m0/s1. The Morgan fingerprint density at radius 2 is 1.60 bits per heavy atom. The van der Waals surface area contributed by atoms with Crippen LogP contribution >= 0.6 is 0 Å². The third-order valence-corrected chi connectivity index (χ3v) is 7.55. The molecule has 3 heterocycles. The number of aliphatic hydroxyl groups is 10. The molecule has 0 saturated carbocycles. The summed E-state index contributed by atoms with van der Waals surface area (Å²) in [6.07, 6.45) is -25.0. The van der Waals surface area contributed by atoms with Crippen LogP contribution in [0.1, 0.15) is 13.3 Å². The maximum atomic E-state index is 12.6. The van der Waals surface area contributed by atoms with E-state index in [-0.39, 0.29) is 0 Å². The summed E-state index contributed by atoms with van der Waals surface area (Å²) < 4.78 is 27.1. The Morgan fingerprint density at radius 1 is 0.977 bits per heavy atom. The molecule has 3 fully saturated rings. The second-order valence-electron chi connectivity index (χ2n) is 10.6. The molecule has 16 atom stereocenters. The Bertz CT molecular complexity index is 946. The molecule has 3 aliphatic rings. The predicted octanol–water partition coefficient (Wildman–Crippen LogP) is -8.26. The van der Waals surface area contributed by atoms with Crippen molar-refractivity contribution in [1.82, 2.24) is 5.32 Å². The highest BCUT2D eigenvalue weighted by atomic mass is 16.8. The van der Waals surface area contributed by atoms with Gasteiger partial charge in [-0.1, -0.05) is 0 Å². The molecule has 250 valence electrons. The maximum Gasteiger partial charge on any atom is 0.364 e. The summed E-state index contributed by atoms with van der Waals surface area (Å²) in [4.78, 5) is 24.3. The number of hydrogen-bond acceptors (Lipinski definition) is 18. The molecule has 3 aliphatic heterocycles. The number of carboxylic acid groups (broad SMARTS) is 1. The Labute approximate surface area is 243 Å². The number of ether oxygens (including phenoxy) is 5. The van der Waals surface area contributed by atoms with Gasteiger partial charge in [-0.3, -0.25) is 4.79 Å². The largest absolute Gasteiger partial charge is 0.477 e. The zero-order chi connectivity index (χ0) is 32.4. The molecule has 14 N–H and O–H groups in total. The topological polar surface area (TPSA) is 341 Å². The normalized spacial score (nSPS) is 45.3. The highest BCUT2D eigenvalue weighted by Crippen LogP contribution is 2.38. The predicted molar refractivity (Wildman–Crippen MR) is 132 cm³/mol. The first-order valence-electron chi connectivity index (χ1n) is 13.3. The van der Waals surface area contributed by atoms with Crippen molar-refractivity contribution in [2.75, 3.05) is 19.8 Å². The molecule has 0 aromatic heterocycles. The fourth-order valence-corrected chi connectivity index (χ4v) is 5.20. The lowest BCUT2D eigenvalue weighted by molar-refractivity contribution is -0.381. The van der Waals surface area contributed by atoms with Crippen LogP contribution in [-0.4, -0.2) is 185 Å². The van der Waals surface area contributed by atoms with E-state index < -0.39 is 136 Å². The lowest BCUT2D eigenvalue weighted by Gasteiger charge is -2.50. The lowest BCUT2D eigenvalue weighted by Crippen LogP contribution is -2.71. The summed E-state index contributed by atoms with van der Waals surface area (Å²) >= 11 is 0. The van der Waals surface area contributed by atoms with Crippen LogP contribution < -0.4 is 11.1 Å². The number of carboxylic acids is 1. The van der Waals surface area contributed by atoms with Gasteiger partial charge in [0.2, 0.25) is 5.91 Å². The molecule has 20 heteroatoms. The van der Waals surface area contributed by atoms with E-state index >= 15 is 0 Å². The number of hydrogen-bond donors (Lipinski definition) is 13. The summed E-state index contributed by atoms with van der Waals surface area (Å²) in [5.41, 5.74) is 5.69. The summed E-state index contributed by atoms with van der Waals surface area (Å²) in [6, 6.07) is -2.97. The van der Waals surface area contributed by atoms with Gasteiger partial charge in [-0.25, -0.2) is 4.79 Å². The van der Waals surface area contributed by atoms with Gasteiger partial charge >= 0.3 is 5.97 Å². The molecule has 3 saturated heterocycles. The van der Waals surface area contributed by atoms with Gasteiger partial charge in [0.05, 0.1) is 38.0 Å². The number of nitrogens with two attached hydrogens (primary N) is 1. The van der Waals surface area contributed by atoms with Gasteiger partial charge in [0.1, 0.15) is 61.0 Å². The molecule has 3 rings (SSSR count). The van der Waals surface area contributed by atoms with Crippen LogP contribution in [0.25, 0.3) is 0 Å². The minimum absolute atomic E-state index is 0.740. The molecule has 0 aromatic carbocycles. The SMILES string of the molecule is CC(=O)N[C@H]1[C@H]([C@H](O)[C@H](O)CO)O[C@@](O[C@H]2[C@@H](O)[C@@H](CO)O[C@@H](O[C@H]3[C@H](O)[C@@H](N)[C@H](O)O[C@@H]3CO)[C@@H]2O)(C(=O)O)C[C@@H]1O. The van der Waals surface area contributed by atoms with E-state index in [9.17, 15) is 65.8 Å². The van der Waals surface area contributed by atoms with Crippen LogP contribution in [0.2, 0.25) is 0 Å². The zero-order valence-corrected chi connectivity index (χ0v) is 22.8. The Hall–Kier alpha value is -1.70. The van der Waals surface area contributed by atoms with Crippen molar-refractivity contribution in [3.05, 3.63) is 0 Å². The van der Waals surface area contributed by atoms with Gasteiger partial charge < -0.3 is 90.9 Å². The van der Waals surface area contributed by atoms with E-state index in [1.807, 2.05) is 0 Å². The quantitative estimate of drug-likeness (QED) is 0.100. The Balaban J connectivity index is 1.94. The van der Waals surface area contributed by atoms with Gasteiger partial charge in [0.15, 0.2) is 12.6 Å². The van der Waals surface area contributed by atoms with E-state index in [0.717, 1.165) is 6.92 Å².